The minimum atomic E-state index is -0.602. The first kappa shape index (κ1) is 14.2. The van der Waals surface area contributed by atoms with Gasteiger partial charge < -0.3 is 15.1 Å². The summed E-state index contributed by atoms with van der Waals surface area (Å²) in [6.45, 7) is 4.29. The van der Waals surface area contributed by atoms with E-state index in [1.165, 1.54) is 0 Å². The molecule has 2 N–H and O–H groups in total. The highest BCUT2D eigenvalue weighted by Gasteiger charge is 2.32. The number of anilines is 1. The quantitative estimate of drug-likeness (QED) is 0.871. The lowest BCUT2D eigenvalue weighted by atomic mass is 9.83. The molecule has 0 saturated carbocycles. The molecule has 0 radical (unpaired) electrons. The minimum Gasteiger partial charge on any atom is -0.467 e. The van der Waals surface area contributed by atoms with Gasteiger partial charge in [-0.3, -0.25) is 4.79 Å². The van der Waals surface area contributed by atoms with Crippen molar-refractivity contribution in [3.05, 3.63) is 54.0 Å². The van der Waals surface area contributed by atoms with E-state index in [0.717, 1.165) is 11.3 Å². The topological polar surface area (TPSA) is 59.5 Å². The maximum absolute atomic E-state index is 12.6. The van der Waals surface area contributed by atoms with Crippen LogP contribution in [0.1, 0.15) is 25.2 Å². The lowest BCUT2D eigenvalue weighted by molar-refractivity contribution is -0.135. The number of nitrogens with zero attached hydrogens (tertiary/aromatic N) is 1. The second kappa shape index (κ2) is 5.41. The summed E-state index contributed by atoms with van der Waals surface area (Å²) in [6.07, 6.45) is 1.61. The molecule has 0 atom stereocenters. The fourth-order valence-electron chi connectivity index (χ4n) is 2.21. The number of nitrogens with two attached hydrogens (primary N) is 1. The Bertz CT molecular complexity index is 571. The van der Waals surface area contributed by atoms with E-state index in [-0.39, 0.29) is 5.91 Å². The summed E-state index contributed by atoms with van der Waals surface area (Å²) in [5.74, 6) is 0.813. The van der Waals surface area contributed by atoms with E-state index in [2.05, 4.69) is 0 Å². The van der Waals surface area contributed by atoms with Gasteiger partial charge in [0.25, 0.3) is 0 Å². The van der Waals surface area contributed by atoms with Crippen molar-refractivity contribution in [3.8, 4) is 0 Å². The molecular weight excluding hydrogens is 252 g/mol. The van der Waals surface area contributed by atoms with Crippen LogP contribution in [0.5, 0.6) is 0 Å². The summed E-state index contributed by atoms with van der Waals surface area (Å²) >= 11 is 0. The zero-order chi connectivity index (χ0) is 14.8. The molecule has 0 fully saturated rings. The molecule has 0 aliphatic carbocycles. The minimum absolute atomic E-state index is 0.0404. The van der Waals surface area contributed by atoms with Crippen molar-refractivity contribution >= 4 is 11.6 Å². The van der Waals surface area contributed by atoms with Gasteiger partial charge in [0.05, 0.1) is 18.2 Å². The van der Waals surface area contributed by atoms with Crippen molar-refractivity contribution in [2.75, 3.05) is 12.8 Å². The first-order valence-corrected chi connectivity index (χ1v) is 6.55. The van der Waals surface area contributed by atoms with Crippen LogP contribution >= 0.6 is 0 Å². The van der Waals surface area contributed by atoms with Crippen molar-refractivity contribution in [2.24, 2.45) is 0 Å². The number of likely N-dealkylation sites (N-methyl/N-ethyl adjacent to an activating group) is 1. The summed E-state index contributed by atoms with van der Waals surface area (Å²) < 4.78 is 5.28. The van der Waals surface area contributed by atoms with Gasteiger partial charge in [-0.25, -0.2) is 0 Å². The van der Waals surface area contributed by atoms with Gasteiger partial charge >= 0.3 is 0 Å². The van der Waals surface area contributed by atoms with E-state index in [4.69, 9.17) is 10.2 Å². The Morgan fingerprint density at radius 2 is 1.90 bits per heavy atom. The van der Waals surface area contributed by atoms with Crippen LogP contribution in [0.15, 0.2) is 47.1 Å². The third-order valence-corrected chi connectivity index (χ3v) is 3.49. The average Bonchev–Trinajstić information content (AvgIpc) is 2.91. The smallest absolute Gasteiger partial charge is 0.232 e. The number of amides is 1. The maximum Gasteiger partial charge on any atom is 0.232 e. The second-order valence-corrected chi connectivity index (χ2v) is 5.49. The van der Waals surface area contributed by atoms with Crippen molar-refractivity contribution in [3.63, 3.8) is 0 Å². The SMILES string of the molecule is CN(Cc1ccco1)C(=O)C(C)(C)c1ccc(N)cc1. The molecule has 1 aromatic carbocycles. The van der Waals surface area contributed by atoms with E-state index >= 15 is 0 Å². The zero-order valence-corrected chi connectivity index (χ0v) is 12.1. The molecule has 0 aliphatic heterocycles. The molecule has 4 heteroatoms. The molecule has 1 amide bonds. The highest BCUT2D eigenvalue weighted by atomic mass is 16.3. The number of hydrogen-bond donors (Lipinski definition) is 1. The fraction of sp³-hybridized carbons (Fsp3) is 0.312. The Hall–Kier alpha value is -2.23. The van der Waals surface area contributed by atoms with Crippen molar-refractivity contribution in [1.82, 2.24) is 4.90 Å². The van der Waals surface area contributed by atoms with Gasteiger partial charge in [-0.05, 0) is 43.7 Å². The standard InChI is InChI=1S/C16H20N2O2/c1-16(2,12-6-8-13(17)9-7-12)15(19)18(3)11-14-5-4-10-20-14/h4-10H,11,17H2,1-3H3. The van der Waals surface area contributed by atoms with Crippen LogP contribution in [0.2, 0.25) is 0 Å². The van der Waals surface area contributed by atoms with E-state index in [1.54, 1.807) is 18.2 Å². The van der Waals surface area contributed by atoms with Crippen molar-refractivity contribution in [2.45, 2.75) is 25.8 Å². The van der Waals surface area contributed by atoms with Crippen LogP contribution in [0.4, 0.5) is 5.69 Å². The number of furan rings is 1. The molecule has 0 unspecified atom stereocenters. The van der Waals surface area contributed by atoms with Crippen LogP contribution in [-0.2, 0) is 16.8 Å². The molecule has 1 aromatic heterocycles. The lowest BCUT2D eigenvalue weighted by Crippen LogP contribution is -2.40. The van der Waals surface area contributed by atoms with E-state index in [1.807, 2.05) is 50.2 Å². The second-order valence-electron chi connectivity index (χ2n) is 5.49. The summed E-state index contributed by atoms with van der Waals surface area (Å²) in [7, 11) is 1.78. The number of benzene rings is 1. The van der Waals surface area contributed by atoms with Gasteiger partial charge in [-0.15, -0.1) is 0 Å². The van der Waals surface area contributed by atoms with Crippen LogP contribution in [0.25, 0.3) is 0 Å². The maximum atomic E-state index is 12.6. The molecule has 0 saturated heterocycles. The van der Waals surface area contributed by atoms with Crippen LogP contribution in [0, 0.1) is 0 Å². The van der Waals surface area contributed by atoms with Gasteiger partial charge in [-0.2, -0.15) is 0 Å². The predicted octanol–water partition coefficient (Wildman–Crippen LogP) is 2.80. The highest BCUT2D eigenvalue weighted by molar-refractivity contribution is 5.87. The van der Waals surface area contributed by atoms with Crippen LogP contribution in [0.3, 0.4) is 0 Å². The fourth-order valence-corrected chi connectivity index (χ4v) is 2.21. The molecule has 0 bridgehead atoms. The molecule has 0 aliphatic rings. The third-order valence-electron chi connectivity index (χ3n) is 3.49. The Labute approximate surface area is 119 Å². The van der Waals surface area contributed by atoms with Gasteiger partial charge in [0.15, 0.2) is 0 Å². The van der Waals surface area contributed by atoms with Gasteiger partial charge in [0.2, 0.25) is 5.91 Å². The highest BCUT2D eigenvalue weighted by Crippen LogP contribution is 2.26. The van der Waals surface area contributed by atoms with E-state index < -0.39 is 5.41 Å². The molecule has 2 aromatic rings. The third kappa shape index (κ3) is 2.85. The summed E-state index contributed by atoms with van der Waals surface area (Å²) in [5, 5.41) is 0. The van der Waals surface area contributed by atoms with Crippen molar-refractivity contribution < 1.29 is 9.21 Å². The summed E-state index contributed by atoms with van der Waals surface area (Å²) in [6, 6.07) is 11.1. The number of carbonyl (C=O) groups is 1. The number of nitrogen functional groups attached to an aromatic ring is 1. The van der Waals surface area contributed by atoms with Crippen LogP contribution in [-0.4, -0.2) is 17.9 Å². The molecule has 2 rings (SSSR count). The largest absolute Gasteiger partial charge is 0.467 e. The first-order chi connectivity index (χ1) is 9.41. The van der Waals surface area contributed by atoms with Gasteiger partial charge in [0, 0.05) is 12.7 Å². The lowest BCUT2D eigenvalue weighted by Gasteiger charge is -2.29. The number of carbonyl (C=O) groups excluding carboxylic acids is 1. The Kier molecular flexibility index (Phi) is 3.84. The summed E-state index contributed by atoms with van der Waals surface area (Å²) in [5.41, 5.74) is 6.73. The van der Waals surface area contributed by atoms with Gasteiger partial charge in [-0.1, -0.05) is 12.1 Å². The predicted molar refractivity (Wildman–Crippen MR) is 79.1 cm³/mol. The van der Waals surface area contributed by atoms with Crippen molar-refractivity contribution in [1.29, 1.82) is 0 Å². The monoisotopic (exact) mass is 272 g/mol. The Balaban J connectivity index is 2.15. The molecule has 4 nitrogen and oxygen atoms in total. The molecule has 0 spiro atoms. The van der Waals surface area contributed by atoms with E-state index in [9.17, 15) is 4.79 Å². The average molecular weight is 272 g/mol. The van der Waals surface area contributed by atoms with E-state index in [0.29, 0.717) is 12.2 Å². The molecular formula is C16H20N2O2. The number of hydrogen-bond acceptors (Lipinski definition) is 3. The molecule has 20 heavy (non-hydrogen) atoms. The number of rotatable bonds is 4. The zero-order valence-electron chi connectivity index (χ0n) is 12.1. The Morgan fingerprint density at radius 3 is 2.45 bits per heavy atom. The first-order valence-electron chi connectivity index (χ1n) is 6.55. The van der Waals surface area contributed by atoms with Gasteiger partial charge in [0.1, 0.15) is 5.76 Å². The molecule has 106 valence electrons. The molecule has 1 heterocycles. The normalized spacial score (nSPS) is 11.3. The Morgan fingerprint density at radius 1 is 1.25 bits per heavy atom. The van der Waals surface area contributed by atoms with Crippen LogP contribution < -0.4 is 5.73 Å². The summed E-state index contributed by atoms with van der Waals surface area (Å²) in [4.78, 5) is 14.3.